The van der Waals surface area contributed by atoms with E-state index in [0.29, 0.717) is 5.82 Å². The highest BCUT2D eigenvalue weighted by Gasteiger charge is 2.26. The third-order valence-corrected chi connectivity index (χ3v) is 3.54. The van der Waals surface area contributed by atoms with E-state index in [-0.39, 0.29) is 11.9 Å². The van der Waals surface area contributed by atoms with Crippen LogP contribution in [0.25, 0.3) is 0 Å². The quantitative estimate of drug-likeness (QED) is 0.854. The number of piperidine rings is 1. The maximum Gasteiger partial charge on any atom is 0.245 e. The molecule has 19 heavy (non-hydrogen) atoms. The first-order valence-corrected chi connectivity index (χ1v) is 6.77. The summed E-state index contributed by atoms with van der Waals surface area (Å²) in [7, 11) is 0. The average molecular weight is 265 g/mol. The Balaban J connectivity index is 1.99. The molecule has 0 spiro atoms. The summed E-state index contributed by atoms with van der Waals surface area (Å²) in [6.07, 6.45) is 3.29. The van der Waals surface area contributed by atoms with Crippen LogP contribution in [0.5, 0.6) is 0 Å². The maximum absolute atomic E-state index is 13.0. The molecule has 104 valence electrons. The zero-order valence-corrected chi connectivity index (χ0v) is 11.4. The molecule has 0 unspecified atom stereocenters. The number of rotatable bonds is 3. The zero-order valence-electron chi connectivity index (χ0n) is 11.4. The maximum atomic E-state index is 13.0. The summed E-state index contributed by atoms with van der Waals surface area (Å²) in [5.41, 5.74) is 0. The monoisotopic (exact) mass is 265 g/mol. The fourth-order valence-corrected chi connectivity index (χ4v) is 2.45. The van der Waals surface area contributed by atoms with Crippen molar-refractivity contribution < 1.29 is 9.18 Å². The Morgan fingerprint density at radius 3 is 3.00 bits per heavy atom. The molecule has 0 radical (unpaired) electrons. The van der Waals surface area contributed by atoms with E-state index in [9.17, 15) is 9.18 Å². The van der Waals surface area contributed by atoms with E-state index < -0.39 is 12.0 Å². The van der Waals surface area contributed by atoms with Crippen LogP contribution in [-0.4, -0.2) is 34.4 Å². The number of aromatic nitrogens is 1. The average Bonchev–Trinajstić information content (AvgIpc) is 2.38. The predicted molar refractivity (Wildman–Crippen MR) is 72.3 cm³/mol. The number of anilines is 1. The molecule has 2 heterocycles. The smallest absolute Gasteiger partial charge is 0.245 e. The van der Waals surface area contributed by atoms with Gasteiger partial charge in [0, 0.05) is 12.6 Å². The lowest BCUT2D eigenvalue weighted by molar-refractivity contribution is -0.134. The standard InChI is InChI=1S/C14H20FN3O/c1-10-6-3-4-9-18(10)14(19)11(2)16-13-8-5-7-12(15)17-13/h5,7-8,10-11H,3-4,6,9H2,1-2H3,(H,16,17)/t10-,11+/m1/s1. The molecule has 1 aliphatic heterocycles. The Morgan fingerprint density at radius 1 is 1.53 bits per heavy atom. The largest absolute Gasteiger partial charge is 0.359 e. The minimum absolute atomic E-state index is 0.0539. The van der Waals surface area contributed by atoms with Crippen LogP contribution >= 0.6 is 0 Å². The number of pyridine rings is 1. The predicted octanol–water partition coefficient (Wildman–Crippen LogP) is 2.42. The van der Waals surface area contributed by atoms with Gasteiger partial charge in [-0.15, -0.1) is 0 Å². The Bertz CT molecular complexity index is 452. The zero-order chi connectivity index (χ0) is 13.8. The lowest BCUT2D eigenvalue weighted by Gasteiger charge is -2.35. The molecule has 4 nitrogen and oxygen atoms in total. The molecule has 1 N–H and O–H groups in total. The van der Waals surface area contributed by atoms with Crippen molar-refractivity contribution in [3.05, 3.63) is 24.1 Å². The van der Waals surface area contributed by atoms with Crippen LogP contribution in [0.3, 0.4) is 0 Å². The lowest BCUT2D eigenvalue weighted by atomic mass is 10.0. The lowest BCUT2D eigenvalue weighted by Crippen LogP contribution is -2.48. The third kappa shape index (κ3) is 3.43. The van der Waals surface area contributed by atoms with E-state index in [0.717, 1.165) is 19.4 Å². The summed E-state index contributed by atoms with van der Waals surface area (Å²) in [4.78, 5) is 18.0. The molecule has 0 aromatic carbocycles. The van der Waals surface area contributed by atoms with Crippen molar-refractivity contribution >= 4 is 11.7 Å². The molecule has 2 rings (SSSR count). The summed E-state index contributed by atoms with van der Waals surface area (Å²) in [6, 6.07) is 4.41. The summed E-state index contributed by atoms with van der Waals surface area (Å²) >= 11 is 0. The third-order valence-electron chi connectivity index (χ3n) is 3.54. The van der Waals surface area contributed by atoms with E-state index in [1.54, 1.807) is 19.1 Å². The summed E-state index contributed by atoms with van der Waals surface area (Å²) in [5, 5.41) is 2.96. The fourth-order valence-electron chi connectivity index (χ4n) is 2.45. The molecule has 5 heteroatoms. The molecular weight excluding hydrogens is 245 g/mol. The molecule has 1 saturated heterocycles. The SMILES string of the molecule is C[C@H](Nc1cccc(F)n1)C(=O)N1CCCC[C@H]1C. The van der Waals surface area contributed by atoms with Gasteiger partial charge < -0.3 is 10.2 Å². The van der Waals surface area contributed by atoms with Gasteiger partial charge in [0.25, 0.3) is 0 Å². The van der Waals surface area contributed by atoms with Crippen LogP contribution < -0.4 is 5.32 Å². The Morgan fingerprint density at radius 2 is 2.32 bits per heavy atom. The van der Waals surface area contributed by atoms with Crippen molar-refractivity contribution in [2.45, 2.75) is 45.2 Å². The van der Waals surface area contributed by atoms with Gasteiger partial charge in [-0.25, -0.2) is 4.98 Å². The molecule has 1 fully saturated rings. The van der Waals surface area contributed by atoms with Gasteiger partial charge in [-0.2, -0.15) is 4.39 Å². The first kappa shape index (κ1) is 13.8. The highest BCUT2D eigenvalue weighted by Crippen LogP contribution is 2.18. The number of hydrogen-bond donors (Lipinski definition) is 1. The van der Waals surface area contributed by atoms with Gasteiger partial charge >= 0.3 is 0 Å². The summed E-state index contributed by atoms with van der Waals surface area (Å²) in [5.74, 6) is -0.0974. The van der Waals surface area contributed by atoms with Crippen LogP contribution in [-0.2, 0) is 4.79 Å². The molecule has 2 atom stereocenters. The van der Waals surface area contributed by atoms with Crippen LogP contribution in [0.15, 0.2) is 18.2 Å². The van der Waals surface area contributed by atoms with Crippen molar-refractivity contribution in [2.75, 3.05) is 11.9 Å². The number of amides is 1. The number of carbonyl (C=O) groups excluding carboxylic acids is 1. The molecule has 0 aliphatic carbocycles. The molecule has 0 bridgehead atoms. The number of likely N-dealkylation sites (tertiary alicyclic amines) is 1. The van der Waals surface area contributed by atoms with Crippen molar-refractivity contribution in [1.29, 1.82) is 0 Å². The first-order chi connectivity index (χ1) is 9.08. The van der Waals surface area contributed by atoms with Crippen LogP contribution in [0.2, 0.25) is 0 Å². The van der Waals surface area contributed by atoms with Gasteiger partial charge in [-0.1, -0.05) is 6.07 Å². The number of halogens is 1. The van der Waals surface area contributed by atoms with Crippen molar-refractivity contribution in [3.8, 4) is 0 Å². The second-order valence-electron chi connectivity index (χ2n) is 5.09. The molecule has 1 amide bonds. The van der Waals surface area contributed by atoms with Gasteiger partial charge in [0.15, 0.2) is 0 Å². The molecule has 1 aromatic rings. The normalized spacial score (nSPS) is 21.0. The topological polar surface area (TPSA) is 45.2 Å². The van der Waals surface area contributed by atoms with Crippen LogP contribution in [0, 0.1) is 5.95 Å². The van der Waals surface area contributed by atoms with E-state index >= 15 is 0 Å². The van der Waals surface area contributed by atoms with Gasteiger partial charge in [0.1, 0.15) is 11.9 Å². The number of nitrogens with one attached hydrogen (secondary N) is 1. The van der Waals surface area contributed by atoms with Gasteiger partial charge in [-0.05, 0) is 45.2 Å². The van der Waals surface area contributed by atoms with E-state index in [1.807, 2.05) is 4.90 Å². The molecule has 0 saturated carbocycles. The number of carbonyl (C=O) groups is 1. The Labute approximate surface area is 113 Å². The Kier molecular flexibility index (Phi) is 4.35. The second-order valence-corrected chi connectivity index (χ2v) is 5.09. The molecular formula is C14H20FN3O. The minimum atomic E-state index is -0.545. The fraction of sp³-hybridized carbons (Fsp3) is 0.571. The summed E-state index contributed by atoms with van der Waals surface area (Å²) in [6.45, 7) is 4.67. The minimum Gasteiger partial charge on any atom is -0.359 e. The van der Waals surface area contributed by atoms with E-state index in [4.69, 9.17) is 0 Å². The van der Waals surface area contributed by atoms with E-state index in [2.05, 4.69) is 17.2 Å². The highest BCUT2D eigenvalue weighted by molar-refractivity contribution is 5.84. The van der Waals surface area contributed by atoms with Gasteiger partial charge in [0.05, 0.1) is 0 Å². The number of hydrogen-bond acceptors (Lipinski definition) is 3. The van der Waals surface area contributed by atoms with Gasteiger partial charge in [-0.3, -0.25) is 4.79 Å². The second kappa shape index (κ2) is 5.99. The van der Waals surface area contributed by atoms with Crippen molar-refractivity contribution in [3.63, 3.8) is 0 Å². The van der Waals surface area contributed by atoms with Crippen LogP contribution in [0.4, 0.5) is 10.2 Å². The van der Waals surface area contributed by atoms with E-state index in [1.165, 1.54) is 12.5 Å². The molecule has 1 aromatic heterocycles. The highest BCUT2D eigenvalue weighted by atomic mass is 19.1. The number of nitrogens with zero attached hydrogens (tertiary/aromatic N) is 2. The van der Waals surface area contributed by atoms with Crippen molar-refractivity contribution in [1.82, 2.24) is 9.88 Å². The van der Waals surface area contributed by atoms with Crippen molar-refractivity contribution in [2.24, 2.45) is 0 Å². The first-order valence-electron chi connectivity index (χ1n) is 6.77. The van der Waals surface area contributed by atoms with Gasteiger partial charge in [0.2, 0.25) is 11.9 Å². The van der Waals surface area contributed by atoms with Crippen LogP contribution in [0.1, 0.15) is 33.1 Å². The summed E-state index contributed by atoms with van der Waals surface area (Å²) < 4.78 is 13.0. The Hall–Kier alpha value is -1.65. The molecule has 1 aliphatic rings.